The first-order chi connectivity index (χ1) is 11.0. The first kappa shape index (κ1) is 15.6. The summed E-state index contributed by atoms with van der Waals surface area (Å²) >= 11 is 0. The zero-order valence-corrected chi connectivity index (χ0v) is 12.4. The second kappa shape index (κ2) is 6.06. The molecule has 2 amide bonds. The van der Waals surface area contributed by atoms with E-state index in [-0.39, 0.29) is 24.2 Å². The van der Waals surface area contributed by atoms with E-state index in [0.717, 1.165) is 0 Å². The maximum atomic E-state index is 14.4. The number of Topliss-reactive ketones (excluding diaryl/α,β-unsaturated/α-hetero) is 1. The van der Waals surface area contributed by atoms with Gasteiger partial charge >= 0.3 is 0 Å². The quantitative estimate of drug-likeness (QED) is 0.841. The summed E-state index contributed by atoms with van der Waals surface area (Å²) in [6.45, 7) is 0.852. The summed E-state index contributed by atoms with van der Waals surface area (Å²) in [7, 11) is 0. The standard InChI is InChI=1S/C16H16F2N2O3/c17-12-7-9(20-5-3-10(21)4-6-20)8-13(18)15(12)11-1-2-14(22)19-16(11)23/h7-8,11H,1-6H2,(H,19,22,23). The van der Waals surface area contributed by atoms with Gasteiger partial charge in [-0.2, -0.15) is 0 Å². The average molecular weight is 322 g/mol. The van der Waals surface area contributed by atoms with E-state index in [1.807, 2.05) is 0 Å². The Hall–Kier alpha value is -2.31. The Morgan fingerprint density at radius 1 is 1.00 bits per heavy atom. The van der Waals surface area contributed by atoms with Crippen LogP contribution >= 0.6 is 0 Å². The number of nitrogens with zero attached hydrogens (tertiary/aromatic N) is 1. The lowest BCUT2D eigenvalue weighted by Gasteiger charge is -2.29. The molecule has 3 rings (SSSR count). The molecule has 0 saturated carbocycles. The molecule has 5 nitrogen and oxygen atoms in total. The van der Waals surface area contributed by atoms with Gasteiger partial charge in [0, 0.05) is 43.6 Å². The van der Waals surface area contributed by atoms with Crippen LogP contribution in [-0.2, 0) is 14.4 Å². The number of hydrogen-bond acceptors (Lipinski definition) is 4. The lowest BCUT2D eigenvalue weighted by atomic mass is 9.89. The van der Waals surface area contributed by atoms with E-state index in [9.17, 15) is 23.2 Å². The van der Waals surface area contributed by atoms with Crippen LogP contribution in [0.2, 0.25) is 0 Å². The highest BCUT2D eigenvalue weighted by Gasteiger charge is 2.33. The first-order valence-corrected chi connectivity index (χ1v) is 7.55. The summed E-state index contributed by atoms with van der Waals surface area (Å²) in [4.78, 5) is 36.0. The van der Waals surface area contributed by atoms with Gasteiger partial charge in [0.05, 0.1) is 5.92 Å². The smallest absolute Gasteiger partial charge is 0.234 e. The minimum atomic E-state index is -0.996. The highest BCUT2D eigenvalue weighted by Crippen LogP contribution is 2.32. The number of carbonyl (C=O) groups excluding carboxylic acids is 3. The normalized spacial score (nSPS) is 22.3. The van der Waals surface area contributed by atoms with E-state index in [1.165, 1.54) is 12.1 Å². The van der Waals surface area contributed by atoms with E-state index in [2.05, 4.69) is 5.32 Å². The number of imide groups is 1. The van der Waals surface area contributed by atoms with Crippen LogP contribution in [0.4, 0.5) is 14.5 Å². The number of benzene rings is 1. The number of amides is 2. The summed E-state index contributed by atoms with van der Waals surface area (Å²) in [5.74, 6) is -3.55. The lowest BCUT2D eigenvalue weighted by molar-refractivity contribution is -0.134. The molecule has 0 radical (unpaired) electrons. The summed E-state index contributed by atoms with van der Waals surface area (Å²) in [6, 6.07) is 2.38. The number of hydrogen-bond donors (Lipinski definition) is 1. The van der Waals surface area contributed by atoms with Crippen molar-refractivity contribution < 1.29 is 23.2 Å². The number of carbonyl (C=O) groups is 3. The molecule has 0 spiro atoms. The van der Waals surface area contributed by atoms with Crippen molar-refractivity contribution in [3.05, 3.63) is 29.3 Å². The van der Waals surface area contributed by atoms with Gasteiger partial charge in [0.2, 0.25) is 11.8 Å². The Kier molecular flexibility index (Phi) is 4.11. The van der Waals surface area contributed by atoms with Crippen LogP contribution in [0, 0.1) is 11.6 Å². The summed E-state index contributed by atoms with van der Waals surface area (Å²) in [6.07, 6.45) is 0.873. The molecule has 2 aliphatic heterocycles. The van der Waals surface area contributed by atoms with Crippen molar-refractivity contribution in [1.82, 2.24) is 5.32 Å². The highest BCUT2D eigenvalue weighted by molar-refractivity contribution is 6.01. The summed E-state index contributed by atoms with van der Waals surface area (Å²) in [5, 5.41) is 2.11. The van der Waals surface area contributed by atoms with Crippen LogP contribution in [0.5, 0.6) is 0 Å². The molecular weight excluding hydrogens is 306 g/mol. The minimum absolute atomic E-state index is 0.0608. The monoisotopic (exact) mass is 322 g/mol. The molecule has 7 heteroatoms. The molecule has 0 aromatic heterocycles. The number of nitrogens with one attached hydrogen (secondary N) is 1. The molecule has 2 fully saturated rings. The number of rotatable bonds is 2. The van der Waals surface area contributed by atoms with Crippen molar-refractivity contribution in [3.8, 4) is 0 Å². The van der Waals surface area contributed by atoms with Gasteiger partial charge < -0.3 is 4.90 Å². The largest absolute Gasteiger partial charge is 0.370 e. The third-order valence-electron chi connectivity index (χ3n) is 4.34. The van der Waals surface area contributed by atoms with Gasteiger partial charge in [-0.3, -0.25) is 19.7 Å². The van der Waals surface area contributed by atoms with Crippen molar-refractivity contribution in [2.75, 3.05) is 18.0 Å². The molecule has 2 aliphatic rings. The second-order valence-electron chi connectivity index (χ2n) is 5.85. The Morgan fingerprint density at radius 3 is 2.17 bits per heavy atom. The number of piperidine rings is 2. The zero-order valence-electron chi connectivity index (χ0n) is 12.4. The topological polar surface area (TPSA) is 66.5 Å². The van der Waals surface area contributed by atoms with Crippen LogP contribution in [0.15, 0.2) is 12.1 Å². The first-order valence-electron chi connectivity index (χ1n) is 7.55. The molecular formula is C16H16F2N2O3. The van der Waals surface area contributed by atoms with E-state index in [4.69, 9.17) is 0 Å². The minimum Gasteiger partial charge on any atom is -0.370 e. The van der Waals surface area contributed by atoms with Gasteiger partial charge in [0.1, 0.15) is 17.4 Å². The van der Waals surface area contributed by atoms with Crippen LogP contribution in [0.1, 0.15) is 37.2 Å². The average Bonchev–Trinajstić information content (AvgIpc) is 2.49. The molecule has 122 valence electrons. The van der Waals surface area contributed by atoms with Gasteiger partial charge in [0.25, 0.3) is 0 Å². The highest BCUT2D eigenvalue weighted by atomic mass is 19.1. The molecule has 2 heterocycles. The van der Waals surface area contributed by atoms with Crippen LogP contribution < -0.4 is 10.2 Å². The van der Waals surface area contributed by atoms with Crippen molar-refractivity contribution in [3.63, 3.8) is 0 Å². The number of halogens is 2. The van der Waals surface area contributed by atoms with Gasteiger partial charge in [-0.15, -0.1) is 0 Å². The summed E-state index contributed by atoms with van der Waals surface area (Å²) in [5.41, 5.74) is 0.0652. The molecule has 1 aromatic carbocycles. The van der Waals surface area contributed by atoms with Crippen LogP contribution in [-0.4, -0.2) is 30.7 Å². The predicted molar refractivity (Wildman–Crippen MR) is 77.9 cm³/mol. The van der Waals surface area contributed by atoms with Gasteiger partial charge in [-0.05, 0) is 18.6 Å². The second-order valence-corrected chi connectivity index (χ2v) is 5.85. The third kappa shape index (κ3) is 3.09. The van der Waals surface area contributed by atoms with Crippen LogP contribution in [0.3, 0.4) is 0 Å². The molecule has 1 unspecified atom stereocenters. The third-order valence-corrected chi connectivity index (χ3v) is 4.34. The Morgan fingerprint density at radius 2 is 1.61 bits per heavy atom. The fourth-order valence-corrected chi connectivity index (χ4v) is 3.07. The van der Waals surface area contributed by atoms with Crippen molar-refractivity contribution >= 4 is 23.3 Å². The molecule has 23 heavy (non-hydrogen) atoms. The maximum absolute atomic E-state index is 14.4. The number of anilines is 1. The SMILES string of the molecule is O=C1CCN(c2cc(F)c(C3CCC(=O)NC3=O)c(F)c2)CC1. The van der Waals surface area contributed by atoms with Gasteiger partial charge in [0.15, 0.2) is 0 Å². The Labute approximate surface area is 131 Å². The fourth-order valence-electron chi connectivity index (χ4n) is 3.07. The Bertz CT molecular complexity index is 657. The molecule has 0 aliphatic carbocycles. The number of ketones is 1. The molecule has 1 N–H and O–H groups in total. The summed E-state index contributed by atoms with van der Waals surface area (Å²) < 4.78 is 28.8. The molecule has 0 bridgehead atoms. The Balaban J connectivity index is 1.87. The molecule has 1 atom stereocenters. The van der Waals surface area contributed by atoms with Crippen molar-refractivity contribution in [2.24, 2.45) is 0 Å². The lowest BCUT2D eigenvalue weighted by Crippen LogP contribution is -2.40. The maximum Gasteiger partial charge on any atom is 0.234 e. The fraction of sp³-hybridized carbons (Fsp3) is 0.438. The van der Waals surface area contributed by atoms with Gasteiger partial charge in [-0.25, -0.2) is 8.78 Å². The van der Waals surface area contributed by atoms with Crippen molar-refractivity contribution in [1.29, 1.82) is 0 Å². The van der Waals surface area contributed by atoms with E-state index >= 15 is 0 Å². The van der Waals surface area contributed by atoms with Gasteiger partial charge in [-0.1, -0.05) is 0 Å². The molecule has 2 saturated heterocycles. The molecule has 1 aromatic rings. The van der Waals surface area contributed by atoms with Crippen molar-refractivity contribution in [2.45, 2.75) is 31.6 Å². The van der Waals surface area contributed by atoms with E-state index in [1.54, 1.807) is 4.90 Å². The van der Waals surface area contributed by atoms with Crippen LogP contribution in [0.25, 0.3) is 0 Å². The van der Waals surface area contributed by atoms with E-state index < -0.39 is 29.4 Å². The predicted octanol–water partition coefficient (Wildman–Crippen LogP) is 1.65. The zero-order chi connectivity index (χ0) is 16.6. The van der Waals surface area contributed by atoms with E-state index in [0.29, 0.717) is 31.6 Å².